The molecule has 0 saturated carbocycles. The number of unbranched alkanes of at least 4 members (excludes halogenated alkanes) is 22. The van der Waals surface area contributed by atoms with Crippen molar-refractivity contribution in [3.05, 3.63) is 85.1 Å². The highest BCUT2D eigenvalue weighted by Gasteiger charge is 2.19. The molecule has 0 aliphatic carbocycles. The predicted molar refractivity (Wildman–Crippen MR) is 265 cm³/mol. The van der Waals surface area contributed by atoms with Gasteiger partial charge in [0.2, 0.25) is 0 Å². The van der Waals surface area contributed by atoms with Crippen LogP contribution in [-0.4, -0.2) is 37.2 Å². The standard InChI is InChI=1S/C56H94O6/c1-4-7-10-13-16-19-22-24-26-28-29-31-32-34-37-40-43-46-49-55(58)61-52-53(51-60-54(57)48-45-42-39-36-21-18-15-12-9-6-3)62-56(59)50-47-44-41-38-35-33-30-27-25-23-20-17-14-11-8-5-2/h8,11,15,17-18,20,22,24-29,31,53H,4-7,9-10,12-14,16,19,21,23,30,32-52H2,1-3H3/b11-8-,18-15-,20-17-,24-22-,27-25-,28-26-,31-29-. The lowest BCUT2D eigenvalue weighted by Gasteiger charge is -2.18. The lowest BCUT2D eigenvalue weighted by molar-refractivity contribution is -0.167. The zero-order valence-electron chi connectivity index (χ0n) is 40.4. The largest absolute Gasteiger partial charge is 0.462 e. The summed E-state index contributed by atoms with van der Waals surface area (Å²) < 4.78 is 16.7. The van der Waals surface area contributed by atoms with E-state index in [9.17, 15) is 14.4 Å². The van der Waals surface area contributed by atoms with Crippen molar-refractivity contribution in [2.24, 2.45) is 0 Å². The van der Waals surface area contributed by atoms with E-state index in [0.29, 0.717) is 19.3 Å². The molecule has 0 aliphatic heterocycles. The van der Waals surface area contributed by atoms with E-state index in [1.54, 1.807) is 0 Å². The summed E-state index contributed by atoms with van der Waals surface area (Å²) in [6.07, 6.45) is 64.2. The van der Waals surface area contributed by atoms with E-state index in [1.807, 2.05) is 0 Å². The van der Waals surface area contributed by atoms with Crippen LogP contribution in [0.3, 0.4) is 0 Å². The molecule has 0 heterocycles. The second kappa shape index (κ2) is 50.2. The summed E-state index contributed by atoms with van der Waals surface area (Å²) in [6.45, 7) is 6.42. The van der Waals surface area contributed by atoms with Crippen molar-refractivity contribution in [1.82, 2.24) is 0 Å². The highest BCUT2D eigenvalue weighted by Crippen LogP contribution is 2.13. The van der Waals surface area contributed by atoms with Crippen LogP contribution >= 0.6 is 0 Å². The smallest absolute Gasteiger partial charge is 0.306 e. The van der Waals surface area contributed by atoms with Crippen LogP contribution in [0.5, 0.6) is 0 Å². The van der Waals surface area contributed by atoms with Crippen molar-refractivity contribution in [2.45, 2.75) is 239 Å². The first kappa shape index (κ1) is 58.6. The highest BCUT2D eigenvalue weighted by atomic mass is 16.6. The molecule has 0 aliphatic rings. The summed E-state index contributed by atoms with van der Waals surface area (Å²) >= 11 is 0. The molecule has 0 aromatic carbocycles. The van der Waals surface area contributed by atoms with Crippen LogP contribution in [0.2, 0.25) is 0 Å². The average molecular weight is 863 g/mol. The van der Waals surface area contributed by atoms with E-state index < -0.39 is 6.10 Å². The maximum atomic E-state index is 12.8. The minimum absolute atomic E-state index is 0.0957. The summed E-state index contributed by atoms with van der Waals surface area (Å²) in [5.41, 5.74) is 0. The molecule has 1 atom stereocenters. The van der Waals surface area contributed by atoms with Crippen molar-refractivity contribution in [3.63, 3.8) is 0 Å². The van der Waals surface area contributed by atoms with Gasteiger partial charge in [0.25, 0.3) is 0 Å². The molecule has 1 unspecified atom stereocenters. The number of carbonyl (C=O) groups is 3. The molecule has 354 valence electrons. The number of allylic oxidation sites excluding steroid dienone is 14. The minimum atomic E-state index is -0.796. The molecule has 0 radical (unpaired) electrons. The quantitative estimate of drug-likeness (QED) is 0.0199. The van der Waals surface area contributed by atoms with Gasteiger partial charge in [0.15, 0.2) is 6.10 Å². The summed E-state index contributed by atoms with van der Waals surface area (Å²) in [4.78, 5) is 37.9. The molecule has 0 spiro atoms. The van der Waals surface area contributed by atoms with Gasteiger partial charge in [-0.15, -0.1) is 0 Å². The van der Waals surface area contributed by atoms with E-state index in [1.165, 1.54) is 57.8 Å². The zero-order chi connectivity index (χ0) is 45.1. The molecular formula is C56H94O6. The van der Waals surface area contributed by atoms with Crippen molar-refractivity contribution >= 4 is 17.9 Å². The molecule has 0 N–H and O–H groups in total. The Morgan fingerprint density at radius 1 is 0.355 bits per heavy atom. The van der Waals surface area contributed by atoms with Crippen LogP contribution in [0.1, 0.15) is 233 Å². The molecule has 6 nitrogen and oxygen atoms in total. The van der Waals surface area contributed by atoms with Crippen LogP contribution in [0.15, 0.2) is 85.1 Å². The van der Waals surface area contributed by atoms with Crippen LogP contribution in [-0.2, 0) is 28.6 Å². The molecule has 0 saturated heterocycles. The van der Waals surface area contributed by atoms with Crippen molar-refractivity contribution in [2.75, 3.05) is 13.2 Å². The molecule has 0 bridgehead atoms. The van der Waals surface area contributed by atoms with Gasteiger partial charge in [0.1, 0.15) is 13.2 Å². The second-order valence-electron chi connectivity index (χ2n) is 16.7. The third kappa shape index (κ3) is 47.6. The van der Waals surface area contributed by atoms with E-state index >= 15 is 0 Å². The van der Waals surface area contributed by atoms with Crippen LogP contribution in [0, 0.1) is 0 Å². The lowest BCUT2D eigenvalue weighted by Crippen LogP contribution is -2.30. The van der Waals surface area contributed by atoms with E-state index in [0.717, 1.165) is 135 Å². The summed E-state index contributed by atoms with van der Waals surface area (Å²) in [7, 11) is 0. The van der Waals surface area contributed by atoms with Gasteiger partial charge in [-0.05, 0) is 96.3 Å². The van der Waals surface area contributed by atoms with Gasteiger partial charge in [-0.3, -0.25) is 14.4 Å². The number of hydrogen-bond donors (Lipinski definition) is 0. The minimum Gasteiger partial charge on any atom is -0.462 e. The fourth-order valence-electron chi connectivity index (χ4n) is 6.79. The molecular weight excluding hydrogens is 769 g/mol. The van der Waals surface area contributed by atoms with Crippen molar-refractivity contribution < 1.29 is 28.6 Å². The van der Waals surface area contributed by atoms with Crippen molar-refractivity contribution in [3.8, 4) is 0 Å². The third-order valence-corrected chi connectivity index (χ3v) is 10.7. The lowest BCUT2D eigenvalue weighted by atomic mass is 10.1. The molecule has 0 rings (SSSR count). The van der Waals surface area contributed by atoms with Crippen LogP contribution in [0.25, 0.3) is 0 Å². The molecule has 0 aromatic rings. The third-order valence-electron chi connectivity index (χ3n) is 10.7. The Labute approximate surface area is 382 Å². The maximum Gasteiger partial charge on any atom is 0.306 e. The fourth-order valence-corrected chi connectivity index (χ4v) is 6.79. The summed E-state index contributed by atoms with van der Waals surface area (Å²) in [5, 5.41) is 0. The molecule has 6 heteroatoms. The molecule has 0 aromatic heterocycles. The molecule has 62 heavy (non-hydrogen) atoms. The van der Waals surface area contributed by atoms with E-state index in [4.69, 9.17) is 14.2 Å². The Hall–Kier alpha value is -3.41. The average Bonchev–Trinajstić information content (AvgIpc) is 3.27. The van der Waals surface area contributed by atoms with E-state index in [2.05, 4.69) is 106 Å². The Bertz CT molecular complexity index is 1220. The normalized spacial score (nSPS) is 12.8. The van der Waals surface area contributed by atoms with E-state index in [-0.39, 0.29) is 31.1 Å². The van der Waals surface area contributed by atoms with Gasteiger partial charge in [-0.25, -0.2) is 0 Å². The van der Waals surface area contributed by atoms with Gasteiger partial charge < -0.3 is 14.2 Å². The SMILES string of the molecule is CC/C=C\C/C=C\C/C=C\CCCCCCCCC(=O)OC(COC(=O)CCCCCC/C=C\CCCC)COC(=O)CCCCCCC\C=C/C=C\C=C/CCCCCCC. The van der Waals surface area contributed by atoms with Crippen LogP contribution < -0.4 is 0 Å². The van der Waals surface area contributed by atoms with Gasteiger partial charge in [0, 0.05) is 19.3 Å². The van der Waals surface area contributed by atoms with Gasteiger partial charge >= 0.3 is 17.9 Å². The Kier molecular flexibility index (Phi) is 47.5. The first-order valence-corrected chi connectivity index (χ1v) is 25.6. The first-order valence-electron chi connectivity index (χ1n) is 25.6. The number of rotatable bonds is 45. The monoisotopic (exact) mass is 863 g/mol. The van der Waals surface area contributed by atoms with Crippen molar-refractivity contribution in [1.29, 1.82) is 0 Å². The molecule has 0 amide bonds. The highest BCUT2D eigenvalue weighted by molar-refractivity contribution is 5.71. The Morgan fingerprint density at radius 3 is 1.18 bits per heavy atom. The Morgan fingerprint density at radius 2 is 0.710 bits per heavy atom. The number of ether oxygens (including phenoxy) is 3. The van der Waals surface area contributed by atoms with Crippen LogP contribution in [0.4, 0.5) is 0 Å². The number of hydrogen-bond acceptors (Lipinski definition) is 6. The fraction of sp³-hybridized carbons (Fsp3) is 0.696. The van der Waals surface area contributed by atoms with Gasteiger partial charge in [0.05, 0.1) is 0 Å². The zero-order valence-corrected chi connectivity index (χ0v) is 40.4. The Balaban J connectivity index is 4.43. The second-order valence-corrected chi connectivity index (χ2v) is 16.7. The predicted octanol–water partition coefficient (Wildman–Crippen LogP) is 16.8. The summed E-state index contributed by atoms with van der Waals surface area (Å²) in [6, 6.07) is 0. The number of carbonyl (C=O) groups excluding carboxylic acids is 3. The van der Waals surface area contributed by atoms with Gasteiger partial charge in [-0.1, -0.05) is 202 Å². The topological polar surface area (TPSA) is 78.9 Å². The maximum absolute atomic E-state index is 12.8. The number of esters is 3. The molecule has 0 fully saturated rings. The summed E-state index contributed by atoms with van der Waals surface area (Å²) in [5.74, 6) is -0.944. The first-order chi connectivity index (χ1) is 30.5. The van der Waals surface area contributed by atoms with Gasteiger partial charge in [-0.2, -0.15) is 0 Å².